The predicted molar refractivity (Wildman–Crippen MR) is 57.1 cm³/mol. The molecule has 0 bridgehead atoms. The standard InChI is InChI=1S/C11H10FNO4/c1-6(15)13-10-9(12)7(5-14)4-8-11(10)17-3-2-16-8/h4-5H,2-3H2,1H3,(H,13,15). The van der Waals surface area contributed by atoms with Crippen LogP contribution in [0.4, 0.5) is 10.1 Å². The number of halogens is 1. The van der Waals surface area contributed by atoms with Gasteiger partial charge >= 0.3 is 0 Å². The summed E-state index contributed by atoms with van der Waals surface area (Å²) >= 11 is 0. The molecule has 0 spiro atoms. The van der Waals surface area contributed by atoms with E-state index in [0.29, 0.717) is 12.9 Å². The van der Waals surface area contributed by atoms with Crippen LogP contribution in [0.5, 0.6) is 11.5 Å². The summed E-state index contributed by atoms with van der Waals surface area (Å²) in [5, 5.41) is 2.30. The first-order chi connectivity index (χ1) is 8.13. The number of hydrogen-bond donors (Lipinski definition) is 1. The van der Waals surface area contributed by atoms with E-state index in [9.17, 15) is 14.0 Å². The van der Waals surface area contributed by atoms with E-state index < -0.39 is 11.7 Å². The summed E-state index contributed by atoms with van der Waals surface area (Å²) in [4.78, 5) is 21.7. The molecule has 0 aliphatic carbocycles. The maximum atomic E-state index is 13.8. The van der Waals surface area contributed by atoms with Gasteiger partial charge < -0.3 is 14.8 Å². The Morgan fingerprint density at radius 3 is 2.82 bits per heavy atom. The fourth-order valence-electron chi connectivity index (χ4n) is 1.56. The second kappa shape index (κ2) is 4.40. The van der Waals surface area contributed by atoms with Crippen molar-refractivity contribution < 1.29 is 23.5 Å². The number of nitrogens with one attached hydrogen (secondary N) is 1. The van der Waals surface area contributed by atoms with Crippen molar-refractivity contribution in [3.8, 4) is 11.5 Å². The third-order valence-electron chi connectivity index (χ3n) is 2.23. The van der Waals surface area contributed by atoms with E-state index in [1.54, 1.807) is 0 Å². The first kappa shape index (κ1) is 11.4. The van der Waals surface area contributed by atoms with Crippen LogP contribution < -0.4 is 14.8 Å². The van der Waals surface area contributed by atoms with Gasteiger partial charge in [-0.3, -0.25) is 9.59 Å². The number of hydrogen-bond acceptors (Lipinski definition) is 4. The zero-order valence-electron chi connectivity index (χ0n) is 9.08. The molecule has 1 heterocycles. The van der Waals surface area contributed by atoms with E-state index in [0.717, 1.165) is 0 Å². The maximum Gasteiger partial charge on any atom is 0.221 e. The SMILES string of the molecule is CC(=O)Nc1c(F)c(C=O)cc2c1OCCO2. The number of ether oxygens (including phenoxy) is 2. The van der Waals surface area contributed by atoms with Crippen LogP contribution >= 0.6 is 0 Å². The molecule has 1 aromatic rings. The molecule has 0 fully saturated rings. The average Bonchev–Trinajstić information content (AvgIpc) is 2.32. The van der Waals surface area contributed by atoms with Crippen molar-refractivity contribution in [1.29, 1.82) is 0 Å². The van der Waals surface area contributed by atoms with Gasteiger partial charge in [-0.25, -0.2) is 4.39 Å². The fourth-order valence-corrected chi connectivity index (χ4v) is 1.56. The van der Waals surface area contributed by atoms with E-state index in [1.807, 2.05) is 0 Å². The Morgan fingerprint density at radius 2 is 2.18 bits per heavy atom. The first-order valence-electron chi connectivity index (χ1n) is 4.98. The fraction of sp³-hybridized carbons (Fsp3) is 0.273. The Kier molecular flexibility index (Phi) is 2.95. The molecule has 1 N–H and O–H groups in total. The summed E-state index contributed by atoms with van der Waals surface area (Å²) in [6, 6.07) is 1.25. The molecule has 1 aromatic carbocycles. The van der Waals surface area contributed by atoms with Gasteiger partial charge in [0.2, 0.25) is 5.91 Å². The number of benzene rings is 1. The van der Waals surface area contributed by atoms with Crippen molar-refractivity contribution in [1.82, 2.24) is 0 Å². The molecule has 2 rings (SSSR count). The molecule has 5 nitrogen and oxygen atoms in total. The van der Waals surface area contributed by atoms with Crippen LogP contribution in [0.15, 0.2) is 6.07 Å². The van der Waals surface area contributed by atoms with Crippen LogP contribution in [-0.2, 0) is 4.79 Å². The Morgan fingerprint density at radius 1 is 1.47 bits per heavy atom. The van der Waals surface area contributed by atoms with Gasteiger partial charge in [0, 0.05) is 6.92 Å². The number of fused-ring (bicyclic) bond motifs is 1. The van der Waals surface area contributed by atoms with E-state index in [4.69, 9.17) is 9.47 Å². The molecule has 17 heavy (non-hydrogen) atoms. The van der Waals surface area contributed by atoms with E-state index in [1.165, 1.54) is 13.0 Å². The van der Waals surface area contributed by atoms with Crippen molar-refractivity contribution in [3.05, 3.63) is 17.4 Å². The topological polar surface area (TPSA) is 64.6 Å². The molecule has 1 amide bonds. The van der Waals surface area contributed by atoms with E-state index >= 15 is 0 Å². The smallest absolute Gasteiger partial charge is 0.221 e. The van der Waals surface area contributed by atoms with Crippen LogP contribution in [0.25, 0.3) is 0 Å². The Hall–Kier alpha value is -2.11. The van der Waals surface area contributed by atoms with Gasteiger partial charge in [-0.1, -0.05) is 0 Å². The number of carbonyl (C=O) groups is 2. The largest absolute Gasteiger partial charge is 0.486 e. The van der Waals surface area contributed by atoms with Crippen molar-refractivity contribution in [2.75, 3.05) is 18.5 Å². The molecule has 0 saturated carbocycles. The summed E-state index contributed by atoms with van der Waals surface area (Å²) in [6.45, 7) is 1.82. The summed E-state index contributed by atoms with van der Waals surface area (Å²) in [5.74, 6) is -0.902. The second-order valence-electron chi connectivity index (χ2n) is 3.48. The molecule has 90 valence electrons. The zero-order valence-corrected chi connectivity index (χ0v) is 9.08. The van der Waals surface area contributed by atoms with Gasteiger partial charge in [0.05, 0.1) is 5.56 Å². The lowest BCUT2D eigenvalue weighted by Crippen LogP contribution is -2.19. The van der Waals surface area contributed by atoms with Gasteiger partial charge in [-0.2, -0.15) is 0 Å². The third kappa shape index (κ3) is 2.06. The summed E-state index contributed by atoms with van der Waals surface area (Å²) in [6.07, 6.45) is 0.360. The Bertz CT molecular complexity index is 487. The van der Waals surface area contributed by atoms with Crippen molar-refractivity contribution in [3.63, 3.8) is 0 Å². The van der Waals surface area contributed by atoms with Gasteiger partial charge in [0.25, 0.3) is 0 Å². The van der Waals surface area contributed by atoms with Crippen molar-refractivity contribution in [2.45, 2.75) is 6.92 Å². The molecule has 0 unspecified atom stereocenters. The molecule has 0 aromatic heterocycles. The highest BCUT2D eigenvalue weighted by molar-refractivity contribution is 5.93. The van der Waals surface area contributed by atoms with Gasteiger partial charge in [-0.05, 0) is 6.07 Å². The quantitative estimate of drug-likeness (QED) is 0.791. The zero-order chi connectivity index (χ0) is 12.4. The molecule has 0 atom stereocenters. The molecule has 1 aliphatic heterocycles. The van der Waals surface area contributed by atoms with Gasteiger partial charge in [0.15, 0.2) is 23.6 Å². The highest BCUT2D eigenvalue weighted by Gasteiger charge is 2.23. The van der Waals surface area contributed by atoms with Crippen LogP contribution in [0.2, 0.25) is 0 Å². The van der Waals surface area contributed by atoms with Crippen LogP contribution in [0.1, 0.15) is 17.3 Å². The summed E-state index contributed by atoms with van der Waals surface area (Å²) in [7, 11) is 0. The van der Waals surface area contributed by atoms with Gasteiger partial charge in [-0.15, -0.1) is 0 Å². The van der Waals surface area contributed by atoms with Crippen LogP contribution in [0, 0.1) is 5.82 Å². The minimum absolute atomic E-state index is 0.120. The van der Waals surface area contributed by atoms with Crippen LogP contribution in [-0.4, -0.2) is 25.4 Å². The highest BCUT2D eigenvalue weighted by Crippen LogP contribution is 2.40. The van der Waals surface area contributed by atoms with E-state index in [-0.39, 0.29) is 29.4 Å². The monoisotopic (exact) mass is 239 g/mol. The Labute approximate surface area is 96.5 Å². The molecular formula is C11H10FNO4. The lowest BCUT2D eigenvalue weighted by Gasteiger charge is -2.22. The predicted octanol–water partition coefficient (Wildman–Crippen LogP) is 1.37. The number of carbonyl (C=O) groups excluding carboxylic acids is 2. The number of rotatable bonds is 2. The van der Waals surface area contributed by atoms with Crippen LogP contribution in [0.3, 0.4) is 0 Å². The van der Waals surface area contributed by atoms with Crippen molar-refractivity contribution in [2.24, 2.45) is 0 Å². The average molecular weight is 239 g/mol. The number of amides is 1. The van der Waals surface area contributed by atoms with E-state index in [2.05, 4.69) is 5.32 Å². The van der Waals surface area contributed by atoms with Crippen molar-refractivity contribution >= 4 is 17.9 Å². The number of anilines is 1. The normalized spacial score (nSPS) is 13.1. The lowest BCUT2D eigenvalue weighted by atomic mass is 10.1. The molecule has 0 saturated heterocycles. The minimum atomic E-state index is -0.820. The minimum Gasteiger partial charge on any atom is -0.486 e. The lowest BCUT2D eigenvalue weighted by molar-refractivity contribution is -0.114. The molecule has 6 heteroatoms. The third-order valence-corrected chi connectivity index (χ3v) is 2.23. The number of aldehydes is 1. The maximum absolute atomic E-state index is 13.8. The van der Waals surface area contributed by atoms with Gasteiger partial charge in [0.1, 0.15) is 18.9 Å². The molecule has 1 aliphatic rings. The summed E-state index contributed by atoms with van der Waals surface area (Å²) < 4.78 is 24.3. The summed E-state index contributed by atoms with van der Waals surface area (Å²) in [5.41, 5.74) is -0.338. The Balaban J connectivity index is 2.59. The highest BCUT2D eigenvalue weighted by atomic mass is 19.1. The molecule has 0 radical (unpaired) electrons. The second-order valence-corrected chi connectivity index (χ2v) is 3.48. The molecular weight excluding hydrogens is 229 g/mol. The first-order valence-corrected chi connectivity index (χ1v) is 4.98.